The van der Waals surface area contributed by atoms with E-state index in [2.05, 4.69) is 177 Å². The number of fused-ring (bicyclic) bond motifs is 9. The summed E-state index contributed by atoms with van der Waals surface area (Å²) in [5.41, 5.74) is 34.4. The Labute approximate surface area is 582 Å². The van der Waals surface area contributed by atoms with Crippen LogP contribution in [0.2, 0.25) is 0 Å². The van der Waals surface area contributed by atoms with Crippen LogP contribution in [-0.4, -0.2) is 103 Å². The Hall–Kier alpha value is -9.61. The summed E-state index contributed by atoms with van der Waals surface area (Å²) < 4.78 is 6.97. The van der Waals surface area contributed by atoms with E-state index >= 15 is 0 Å². The molecule has 6 heterocycles. The Bertz CT molecular complexity index is 4260. The smallest absolute Gasteiger partial charge is 0.166 e. The Morgan fingerprint density at radius 2 is 0.629 bits per heavy atom. The van der Waals surface area contributed by atoms with E-state index in [0.717, 1.165) is 177 Å². The number of unbranched alkanes of at least 4 members (excludes halogenated alkanes) is 3. The van der Waals surface area contributed by atoms with Gasteiger partial charge in [0, 0.05) is 114 Å². The van der Waals surface area contributed by atoms with Gasteiger partial charge in [-0.1, -0.05) is 167 Å². The SMILES string of the molecule is CCCCc1nc2c(N)nc3ccccc3c2n1Cc1ccc(CNC(=S)NCCN(CCNC(=S)NCc2ccc(Cn3c(CCCC)nc4c(N)nc5ccccc5c43)cc2)CCNC(=S)NCc2ccc(Cn3c(CCCC)nc4c(N)nc5ccccc5c43)cc2)cc1. The van der Waals surface area contributed by atoms with E-state index < -0.39 is 0 Å². The number of thiocarbonyl (C=S) groups is 3. The molecule has 12 rings (SSSR count). The fraction of sp³-hybridized carbons (Fsp3) is 0.320. The van der Waals surface area contributed by atoms with Crippen molar-refractivity contribution >= 4 is 135 Å². The number of nitrogens with two attached hydrogens (primary N) is 3. The summed E-state index contributed by atoms with van der Waals surface area (Å²) >= 11 is 17.5. The summed E-state index contributed by atoms with van der Waals surface area (Å²) in [5, 5.41) is 25.6. The Balaban J connectivity index is 0.642. The summed E-state index contributed by atoms with van der Waals surface area (Å²) in [6.45, 7) is 14.5. The van der Waals surface area contributed by atoms with Crippen molar-refractivity contribution in [3.63, 3.8) is 0 Å². The highest BCUT2D eigenvalue weighted by Crippen LogP contribution is 2.34. The topological polar surface area (TPSA) is 246 Å². The molecule has 0 radical (unpaired) electrons. The van der Waals surface area contributed by atoms with Crippen LogP contribution in [0, 0.1) is 0 Å². The largest absolute Gasteiger partial charge is 0.382 e. The molecule has 0 saturated carbocycles. The lowest BCUT2D eigenvalue weighted by Crippen LogP contribution is -2.46. The lowest BCUT2D eigenvalue weighted by atomic mass is 10.1. The molecule has 0 aliphatic carbocycles. The van der Waals surface area contributed by atoms with Crippen LogP contribution in [0.15, 0.2) is 146 Å². The van der Waals surface area contributed by atoms with E-state index in [1.807, 2.05) is 54.6 Å². The van der Waals surface area contributed by atoms with Crippen molar-refractivity contribution in [1.82, 2.24) is 80.4 Å². The first kappa shape index (κ1) is 67.4. The molecule has 97 heavy (non-hydrogen) atoms. The fourth-order valence-electron chi connectivity index (χ4n) is 12.7. The molecule has 0 atom stereocenters. The van der Waals surface area contributed by atoms with Gasteiger partial charge < -0.3 is 62.8 Å². The quantitative estimate of drug-likeness (QED) is 0.0190. The molecule has 0 saturated heterocycles. The molecule has 12 aromatic rings. The molecule has 0 aliphatic heterocycles. The number of aryl methyl sites for hydroxylation is 3. The number of imidazole rings is 3. The lowest BCUT2D eigenvalue weighted by molar-refractivity contribution is 0.285. The van der Waals surface area contributed by atoms with E-state index in [9.17, 15) is 0 Å². The number of nitrogen functional groups attached to an aromatic ring is 3. The van der Waals surface area contributed by atoms with Gasteiger partial charge in [-0.15, -0.1) is 0 Å². The first-order chi connectivity index (χ1) is 47.4. The van der Waals surface area contributed by atoms with Gasteiger partial charge in [-0.2, -0.15) is 0 Å². The second-order valence-electron chi connectivity index (χ2n) is 24.9. The standard InChI is InChI=1S/C75H87N19S3/c1-4-7-22-61-88-64-67(55-16-10-13-19-58(55)85-70(64)76)92(61)46-52-31-25-49(26-32-52)43-82-73(95)79-37-40-91(41-38-80-74(96)83-44-50-27-33-53(34-28-50)47-93-62(23-8-5-2)89-65-68(93)56-17-11-14-20-59(56)86-71(65)77)42-39-81-75(97)84-45-51-29-35-54(36-30-51)48-94-63(24-9-6-3)90-66-69(94)57-18-12-15-21-60(57)87-72(66)78/h10-21,25-36H,4-9,22-24,37-48H2,1-3H3,(H2,76,85)(H2,77,86)(H2,78,87)(H2,79,82,95)(H2,80,83,96)(H2,81,84,97). The second kappa shape index (κ2) is 32.0. The molecule has 0 aliphatic rings. The number of hydrogen-bond donors (Lipinski definition) is 9. The average Bonchev–Trinajstić information content (AvgIpc) is 1.65. The minimum Gasteiger partial charge on any atom is -0.382 e. The van der Waals surface area contributed by atoms with Gasteiger partial charge in [-0.05, 0) is 107 Å². The van der Waals surface area contributed by atoms with Crippen LogP contribution in [0.3, 0.4) is 0 Å². The highest BCUT2D eigenvalue weighted by atomic mass is 32.1. The summed E-state index contributed by atoms with van der Waals surface area (Å²) in [7, 11) is 0. The van der Waals surface area contributed by atoms with E-state index in [0.29, 0.717) is 91.7 Å². The van der Waals surface area contributed by atoms with Crippen LogP contribution in [0.25, 0.3) is 65.8 Å². The van der Waals surface area contributed by atoms with Gasteiger partial charge in [0.25, 0.3) is 0 Å². The van der Waals surface area contributed by atoms with Gasteiger partial charge in [0.2, 0.25) is 0 Å². The summed E-state index contributed by atoms with van der Waals surface area (Å²) in [6, 6.07) is 50.6. The number of anilines is 3. The molecular formula is C75H87N19S3. The Morgan fingerprint density at radius 3 is 0.907 bits per heavy atom. The van der Waals surface area contributed by atoms with Crippen LogP contribution in [-0.2, 0) is 58.5 Å². The predicted molar refractivity (Wildman–Crippen MR) is 410 cm³/mol. The molecule has 12 N–H and O–H groups in total. The summed E-state index contributed by atoms with van der Waals surface area (Å²) in [5.74, 6) is 4.47. The van der Waals surface area contributed by atoms with Gasteiger partial charge in [-0.25, -0.2) is 29.9 Å². The zero-order valence-electron chi connectivity index (χ0n) is 55.6. The zero-order chi connectivity index (χ0) is 67.2. The van der Waals surface area contributed by atoms with Crippen molar-refractivity contribution in [2.24, 2.45) is 0 Å². The number of pyridine rings is 3. The molecule has 22 heteroatoms. The minimum atomic E-state index is 0.463. The fourth-order valence-corrected chi connectivity index (χ4v) is 13.2. The van der Waals surface area contributed by atoms with Crippen LogP contribution in [0.4, 0.5) is 17.5 Å². The number of nitrogens with zero attached hydrogens (tertiary/aromatic N) is 10. The van der Waals surface area contributed by atoms with Crippen LogP contribution >= 0.6 is 36.7 Å². The van der Waals surface area contributed by atoms with Gasteiger partial charge >= 0.3 is 0 Å². The van der Waals surface area contributed by atoms with Crippen molar-refractivity contribution in [1.29, 1.82) is 0 Å². The molecule has 0 amide bonds. The van der Waals surface area contributed by atoms with E-state index in [1.165, 1.54) is 16.7 Å². The molecule has 0 spiro atoms. The maximum Gasteiger partial charge on any atom is 0.166 e. The normalized spacial score (nSPS) is 11.6. The van der Waals surface area contributed by atoms with Crippen LogP contribution in [0.5, 0.6) is 0 Å². The van der Waals surface area contributed by atoms with Gasteiger partial charge in [-0.3, -0.25) is 4.90 Å². The first-order valence-corrected chi connectivity index (χ1v) is 35.2. The zero-order valence-corrected chi connectivity index (χ0v) is 58.1. The number of para-hydroxylation sites is 3. The van der Waals surface area contributed by atoms with Crippen LogP contribution in [0.1, 0.15) is 110 Å². The van der Waals surface area contributed by atoms with Gasteiger partial charge in [0.15, 0.2) is 32.8 Å². The first-order valence-electron chi connectivity index (χ1n) is 34.0. The maximum atomic E-state index is 6.51. The van der Waals surface area contributed by atoms with Gasteiger partial charge in [0.05, 0.1) is 33.1 Å². The number of hydrogen-bond acceptors (Lipinski definition) is 13. The molecule has 6 aromatic carbocycles. The third-order valence-corrected chi connectivity index (χ3v) is 18.8. The molecule has 0 unspecified atom stereocenters. The Kier molecular flexibility index (Phi) is 22.2. The summed E-state index contributed by atoms with van der Waals surface area (Å²) in [4.78, 5) is 31.5. The molecule has 19 nitrogen and oxygen atoms in total. The maximum absolute atomic E-state index is 6.51. The van der Waals surface area contributed by atoms with E-state index in [1.54, 1.807) is 0 Å². The number of benzene rings is 6. The highest BCUT2D eigenvalue weighted by Gasteiger charge is 2.22. The van der Waals surface area contributed by atoms with Crippen molar-refractivity contribution < 1.29 is 0 Å². The van der Waals surface area contributed by atoms with Crippen LogP contribution < -0.4 is 49.1 Å². The number of rotatable bonds is 30. The van der Waals surface area contributed by atoms with E-state index in [-0.39, 0.29) is 0 Å². The number of aromatic nitrogens is 9. The van der Waals surface area contributed by atoms with Crippen molar-refractivity contribution in [2.75, 3.05) is 56.5 Å². The second-order valence-corrected chi connectivity index (χ2v) is 26.1. The average molecular weight is 1350 g/mol. The van der Waals surface area contributed by atoms with Gasteiger partial charge in [0.1, 0.15) is 34.0 Å². The van der Waals surface area contributed by atoms with Crippen molar-refractivity contribution in [2.45, 2.75) is 118 Å². The highest BCUT2D eigenvalue weighted by molar-refractivity contribution is 7.80. The monoisotopic (exact) mass is 1350 g/mol. The number of nitrogens with one attached hydrogen (secondary N) is 6. The van der Waals surface area contributed by atoms with Crippen molar-refractivity contribution in [3.05, 3.63) is 196 Å². The molecular weight excluding hydrogens is 1260 g/mol. The third-order valence-electron chi connectivity index (χ3n) is 17.9. The van der Waals surface area contributed by atoms with E-state index in [4.69, 9.17) is 68.8 Å². The molecule has 6 aromatic heterocycles. The third kappa shape index (κ3) is 16.3. The minimum absolute atomic E-state index is 0.463. The summed E-state index contributed by atoms with van der Waals surface area (Å²) in [6.07, 6.45) is 8.95. The molecule has 0 bridgehead atoms. The lowest BCUT2D eigenvalue weighted by Gasteiger charge is -2.24. The molecule has 500 valence electrons. The predicted octanol–water partition coefficient (Wildman–Crippen LogP) is 11.9. The molecule has 0 fully saturated rings. The van der Waals surface area contributed by atoms with Crippen molar-refractivity contribution in [3.8, 4) is 0 Å². The Morgan fingerprint density at radius 1 is 0.361 bits per heavy atom.